The van der Waals surface area contributed by atoms with Crippen molar-refractivity contribution in [1.29, 1.82) is 0 Å². The molecule has 1 amide bonds. The molecule has 1 unspecified atom stereocenters. The Hall–Kier alpha value is -2.40. The highest BCUT2D eigenvalue weighted by atomic mass is 16.5. The minimum absolute atomic E-state index is 0.0372. The molecule has 0 spiro atoms. The van der Waals surface area contributed by atoms with Crippen LogP contribution >= 0.6 is 0 Å². The number of amides is 1. The maximum atomic E-state index is 11.3. The minimum atomic E-state index is -0.163. The van der Waals surface area contributed by atoms with Crippen molar-refractivity contribution >= 4 is 5.91 Å². The number of likely N-dealkylation sites (tertiary alicyclic amines) is 1. The minimum Gasteiger partial charge on any atom is -0.472 e. The van der Waals surface area contributed by atoms with E-state index in [4.69, 9.17) is 10.5 Å². The second-order valence-electron chi connectivity index (χ2n) is 7.39. The fraction of sp³-hybridized carbons (Fsp3) is 0.429. The van der Waals surface area contributed by atoms with Gasteiger partial charge in [0.05, 0.1) is 0 Å². The van der Waals surface area contributed by atoms with E-state index in [1.807, 2.05) is 12.3 Å². The van der Waals surface area contributed by atoms with Crippen LogP contribution in [0.4, 0.5) is 0 Å². The molecule has 2 aliphatic heterocycles. The average Bonchev–Trinajstić information content (AvgIpc) is 3.04. The fourth-order valence-corrected chi connectivity index (χ4v) is 3.96. The van der Waals surface area contributed by atoms with Crippen molar-refractivity contribution in [3.8, 4) is 5.88 Å². The Morgan fingerprint density at radius 2 is 1.96 bits per heavy atom. The van der Waals surface area contributed by atoms with E-state index in [-0.39, 0.29) is 17.9 Å². The van der Waals surface area contributed by atoms with E-state index < -0.39 is 0 Å². The van der Waals surface area contributed by atoms with Crippen LogP contribution in [0.15, 0.2) is 42.6 Å². The molecule has 1 fully saturated rings. The highest BCUT2D eigenvalue weighted by molar-refractivity contribution is 5.76. The van der Waals surface area contributed by atoms with Crippen LogP contribution in [0.2, 0.25) is 0 Å². The molecule has 1 atom stereocenters. The summed E-state index contributed by atoms with van der Waals surface area (Å²) in [5.41, 5.74) is 9.13. The Kier molecular flexibility index (Phi) is 4.89. The Morgan fingerprint density at radius 1 is 1.19 bits per heavy atom. The molecule has 2 aliphatic rings. The molecule has 0 radical (unpaired) electrons. The van der Waals surface area contributed by atoms with Crippen molar-refractivity contribution in [3.63, 3.8) is 0 Å². The van der Waals surface area contributed by atoms with Gasteiger partial charge in [-0.05, 0) is 49.5 Å². The third-order valence-corrected chi connectivity index (χ3v) is 5.41. The SMILES string of the molecule is NC(=O)C1CCN(CC2Cc3cc(Cc4ccccc4)cnc3O2)CC1. The number of rotatable bonds is 5. The van der Waals surface area contributed by atoms with Gasteiger partial charge in [-0.1, -0.05) is 30.3 Å². The van der Waals surface area contributed by atoms with Crippen molar-refractivity contribution in [2.24, 2.45) is 11.7 Å². The number of aromatic nitrogens is 1. The number of carbonyl (C=O) groups excluding carboxylic acids is 1. The predicted molar refractivity (Wildman–Crippen MR) is 100.0 cm³/mol. The molecule has 1 aromatic carbocycles. The molecular formula is C21H25N3O2. The fourth-order valence-electron chi connectivity index (χ4n) is 3.96. The monoisotopic (exact) mass is 351 g/mol. The summed E-state index contributed by atoms with van der Waals surface area (Å²) in [5, 5.41) is 0. The number of carbonyl (C=O) groups is 1. The Labute approximate surface area is 154 Å². The molecule has 26 heavy (non-hydrogen) atoms. The first-order chi connectivity index (χ1) is 12.7. The molecule has 1 aromatic heterocycles. The van der Waals surface area contributed by atoms with Crippen LogP contribution in [0.3, 0.4) is 0 Å². The largest absolute Gasteiger partial charge is 0.472 e. The summed E-state index contributed by atoms with van der Waals surface area (Å²) in [6.07, 6.45) is 5.58. The lowest BCUT2D eigenvalue weighted by Gasteiger charge is -2.31. The lowest BCUT2D eigenvalue weighted by atomic mass is 9.96. The van der Waals surface area contributed by atoms with Gasteiger partial charge in [-0.3, -0.25) is 9.69 Å². The van der Waals surface area contributed by atoms with Crippen LogP contribution in [-0.2, 0) is 17.6 Å². The Balaban J connectivity index is 1.33. The van der Waals surface area contributed by atoms with Crippen LogP contribution in [-0.4, -0.2) is 41.5 Å². The van der Waals surface area contributed by atoms with Crippen molar-refractivity contribution in [1.82, 2.24) is 9.88 Å². The van der Waals surface area contributed by atoms with Gasteiger partial charge in [0.15, 0.2) is 0 Å². The number of benzene rings is 1. The first kappa shape index (κ1) is 17.0. The first-order valence-electron chi connectivity index (χ1n) is 9.37. The lowest BCUT2D eigenvalue weighted by Crippen LogP contribution is -2.42. The van der Waals surface area contributed by atoms with Gasteiger partial charge >= 0.3 is 0 Å². The number of hydrogen-bond acceptors (Lipinski definition) is 4. The number of piperidine rings is 1. The van der Waals surface area contributed by atoms with Gasteiger partial charge in [0.25, 0.3) is 0 Å². The normalized spacial score (nSPS) is 20.5. The zero-order chi connectivity index (χ0) is 17.9. The zero-order valence-corrected chi connectivity index (χ0v) is 14.9. The number of primary amides is 1. The van der Waals surface area contributed by atoms with Crippen molar-refractivity contribution in [2.75, 3.05) is 19.6 Å². The number of ether oxygens (including phenoxy) is 1. The van der Waals surface area contributed by atoms with Gasteiger partial charge in [0, 0.05) is 30.6 Å². The number of nitrogens with two attached hydrogens (primary N) is 1. The van der Waals surface area contributed by atoms with Gasteiger partial charge < -0.3 is 10.5 Å². The van der Waals surface area contributed by atoms with Gasteiger partial charge in [-0.25, -0.2) is 4.98 Å². The molecule has 1 saturated heterocycles. The number of pyridine rings is 1. The molecule has 2 aromatic rings. The van der Waals surface area contributed by atoms with E-state index >= 15 is 0 Å². The van der Waals surface area contributed by atoms with Crippen molar-refractivity contribution in [3.05, 3.63) is 59.3 Å². The van der Waals surface area contributed by atoms with Crippen LogP contribution < -0.4 is 10.5 Å². The average molecular weight is 351 g/mol. The van der Waals surface area contributed by atoms with E-state index in [1.54, 1.807) is 0 Å². The van der Waals surface area contributed by atoms with Crippen molar-refractivity contribution in [2.45, 2.75) is 31.8 Å². The molecule has 5 heteroatoms. The molecule has 0 saturated carbocycles. The van der Waals surface area contributed by atoms with E-state index in [1.165, 1.54) is 16.7 Å². The predicted octanol–water partition coefficient (Wildman–Crippen LogP) is 2.17. The second kappa shape index (κ2) is 7.46. The van der Waals surface area contributed by atoms with Gasteiger partial charge in [-0.15, -0.1) is 0 Å². The van der Waals surface area contributed by atoms with Gasteiger partial charge in [0.1, 0.15) is 6.10 Å². The van der Waals surface area contributed by atoms with Crippen LogP contribution in [0.25, 0.3) is 0 Å². The number of fused-ring (bicyclic) bond motifs is 1. The van der Waals surface area contributed by atoms with Crippen LogP contribution in [0.1, 0.15) is 29.5 Å². The number of hydrogen-bond donors (Lipinski definition) is 1. The van der Waals surface area contributed by atoms with E-state index in [0.717, 1.165) is 51.2 Å². The van der Waals surface area contributed by atoms with Crippen molar-refractivity contribution < 1.29 is 9.53 Å². The van der Waals surface area contributed by atoms with E-state index in [9.17, 15) is 4.79 Å². The van der Waals surface area contributed by atoms with Crippen LogP contribution in [0.5, 0.6) is 5.88 Å². The molecule has 5 nitrogen and oxygen atoms in total. The van der Waals surface area contributed by atoms with Crippen LogP contribution in [0, 0.1) is 5.92 Å². The Morgan fingerprint density at radius 3 is 2.69 bits per heavy atom. The van der Waals surface area contributed by atoms with Gasteiger partial charge in [0.2, 0.25) is 11.8 Å². The topological polar surface area (TPSA) is 68.5 Å². The summed E-state index contributed by atoms with van der Waals surface area (Å²) in [4.78, 5) is 18.2. The van der Waals surface area contributed by atoms with E-state index in [2.05, 4.69) is 40.2 Å². The molecule has 136 valence electrons. The summed E-state index contributed by atoms with van der Waals surface area (Å²) in [6.45, 7) is 2.71. The molecule has 0 bridgehead atoms. The summed E-state index contributed by atoms with van der Waals surface area (Å²) in [7, 11) is 0. The third kappa shape index (κ3) is 3.88. The summed E-state index contributed by atoms with van der Waals surface area (Å²) in [6, 6.07) is 12.7. The zero-order valence-electron chi connectivity index (χ0n) is 14.9. The number of nitrogens with zero attached hydrogens (tertiary/aromatic N) is 2. The summed E-state index contributed by atoms with van der Waals surface area (Å²) < 4.78 is 6.04. The molecular weight excluding hydrogens is 326 g/mol. The standard InChI is InChI=1S/C21H25N3O2/c22-20(25)17-6-8-24(9-7-17)14-19-12-18-11-16(13-23-21(18)26-19)10-15-4-2-1-3-5-15/h1-5,11,13,17,19H,6-10,12,14H2,(H2,22,25). The quantitative estimate of drug-likeness (QED) is 0.896. The maximum absolute atomic E-state index is 11.3. The second-order valence-corrected chi connectivity index (χ2v) is 7.39. The smallest absolute Gasteiger partial charge is 0.220 e. The van der Waals surface area contributed by atoms with E-state index in [0.29, 0.717) is 0 Å². The maximum Gasteiger partial charge on any atom is 0.220 e. The Bertz CT molecular complexity index is 770. The summed E-state index contributed by atoms with van der Waals surface area (Å²) in [5.74, 6) is 0.651. The lowest BCUT2D eigenvalue weighted by molar-refractivity contribution is -0.123. The highest BCUT2D eigenvalue weighted by Crippen LogP contribution is 2.29. The molecule has 3 heterocycles. The third-order valence-electron chi connectivity index (χ3n) is 5.41. The first-order valence-corrected chi connectivity index (χ1v) is 9.37. The molecule has 4 rings (SSSR count). The highest BCUT2D eigenvalue weighted by Gasteiger charge is 2.29. The molecule has 0 aliphatic carbocycles. The summed E-state index contributed by atoms with van der Waals surface area (Å²) >= 11 is 0. The van der Waals surface area contributed by atoms with Gasteiger partial charge in [-0.2, -0.15) is 0 Å². The molecule has 2 N–H and O–H groups in total.